The van der Waals surface area contributed by atoms with E-state index in [-0.39, 0.29) is 12.3 Å². The first-order valence-corrected chi connectivity index (χ1v) is 11.0. The van der Waals surface area contributed by atoms with Gasteiger partial charge in [-0.15, -0.1) is 0 Å². The van der Waals surface area contributed by atoms with Gasteiger partial charge in [0.15, 0.2) is 17.0 Å². The van der Waals surface area contributed by atoms with Crippen molar-refractivity contribution in [2.75, 3.05) is 36.6 Å². The molecule has 10 heteroatoms. The summed E-state index contributed by atoms with van der Waals surface area (Å²) in [6.45, 7) is 4.67. The van der Waals surface area contributed by atoms with E-state index < -0.39 is 0 Å². The average Bonchev–Trinajstić information content (AvgIpc) is 3.28. The lowest BCUT2D eigenvalue weighted by Crippen LogP contribution is -2.37. The zero-order valence-electron chi connectivity index (χ0n) is 18.8. The van der Waals surface area contributed by atoms with E-state index in [0.29, 0.717) is 54.9 Å². The van der Waals surface area contributed by atoms with Crippen LogP contribution in [0.25, 0.3) is 11.2 Å². The van der Waals surface area contributed by atoms with Gasteiger partial charge in [0.05, 0.1) is 32.3 Å². The predicted molar refractivity (Wildman–Crippen MR) is 129 cm³/mol. The fourth-order valence-electron chi connectivity index (χ4n) is 3.71. The highest BCUT2D eigenvalue weighted by Crippen LogP contribution is 2.23. The normalized spacial score (nSPS) is 14.1. The predicted octanol–water partition coefficient (Wildman–Crippen LogP) is 2.70. The quantitative estimate of drug-likeness (QED) is 0.257. The molecule has 0 aliphatic carbocycles. The number of aryl methyl sites for hydroxylation is 1. The zero-order chi connectivity index (χ0) is 23.3. The van der Waals surface area contributed by atoms with Crippen LogP contribution in [0.2, 0.25) is 0 Å². The second-order valence-electron chi connectivity index (χ2n) is 7.94. The molecule has 4 heterocycles. The van der Waals surface area contributed by atoms with Crippen LogP contribution in [0, 0.1) is 6.92 Å². The van der Waals surface area contributed by atoms with E-state index in [1.165, 1.54) is 0 Å². The number of aromatic nitrogens is 5. The van der Waals surface area contributed by atoms with Crippen molar-refractivity contribution in [2.24, 2.45) is 5.10 Å². The van der Waals surface area contributed by atoms with Gasteiger partial charge in [0.1, 0.15) is 5.69 Å². The molecule has 10 nitrogen and oxygen atoms in total. The van der Waals surface area contributed by atoms with Gasteiger partial charge in [0.2, 0.25) is 11.7 Å². The highest BCUT2D eigenvalue weighted by atomic mass is 16.5. The summed E-state index contributed by atoms with van der Waals surface area (Å²) >= 11 is 0. The molecule has 1 N–H and O–H groups in total. The summed E-state index contributed by atoms with van der Waals surface area (Å²) < 4.78 is 7.18. The summed E-state index contributed by atoms with van der Waals surface area (Å²) in [4.78, 5) is 32.9. The molecule has 0 bridgehead atoms. The van der Waals surface area contributed by atoms with E-state index in [2.05, 4.69) is 30.4 Å². The standard InChI is InChI=1S/C24H24N8O2/c1-17-5-4-6-18(13-17)14-27-30-22-21-23(29-24(28-22)31-9-11-34-12-10-31)32(16-26-21)15-20(33)19-7-2-3-8-25-19/h2-8,13-14,16H,9-12,15H2,1H3,(H,28,29,30)/b27-14+. The Morgan fingerprint density at radius 3 is 2.82 bits per heavy atom. The Labute approximate surface area is 196 Å². The van der Waals surface area contributed by atoms with Crippen LogP contribution in [0.4, 0.5) is 11.8 Å². The number of hydrogen-bond donors (Lipinski definition) is 1. The molecular weight excluding hydrogens is 432 g/mol. The first-order valence-electron chi connectivity index (χ1n) is 11.0. The number of carbonyl (C=O) groups excluding carboxylic acids is 1. The number of Topliss-reactive ketones (excluding diaryl/α,β-unsaturated/α-hetero) is 1. The van der Waals surface area contributed by atoms with Crippen LogP contribution in [0.15, 0.2) is 60.1 Å². The highest BCUT2D eigenvalue weighted by molar-refractivity contribution is 5.95. The first kappa shape index (κ1) is 21.7. The number of nitrogens with one attached hydrogen (secondary N) is 1. The Hall–Kier alpha value is -4.18. The number of ether oxygens (including phenoxy) is 1. The summed E-state index contributed by atoms with van der Waals surface area (Å²) in [5.74, 6) is 0.883. The molecule has 0 saturated carbocycles. The Bertz CT molecular complexity index is 1330. The summed E-state index contributed by atoms with van der Waals surface area (Å²) in [7, 11) is 0. The third-order valence-corrected chi connectivity index (χ3v) is 5.44. The smallest absolute Gasteiger partial charge is 0.229 e. The molecule has 0 spiro atoms. The van der Waals surface area contributed by atoms with Crippen molar-refractivity contribution in [3.05, 3.63) is 71.8 Å². The van der Waals surface area contributed by atoms with Crippen molar-refractivity contribution in [1.82, 2.24) is 24.5 Å². The lowest BCUT2D eigenvalue weighted by molar-refractivity contribution is 0.0968. The van der Waals surface area contributed by atoms with Gasteiger partial charge in [0, 0.05) is 19.3 Å². The fraction of sp³-hybridized carbons (Fsp3) is 0.250. The summed E-state index contributed by atoms with van der Waals surface area (Å²) in [6.07, 6.45) is 4.93. The molecule has 4 aromatic rings. The van der Waals surface area contributed by atoms with Crippen molar-refractivity contribution in [3.8, 4) is 0 Å². The number of anilines is 2. The van der Waals surface area contributed by atoms with E-state index in [1.54, 1.807) is 41.5 Å². The number of nitrogens with zero attached hydrogens (tertiary/aromatic N) is 7. The van der Waals surface area contributed by atoms with Gasteiger partial charge in [-0.1, -0.05) is 35.9 Å². The number of imidazole rings is 1. The highest BCUT2D eigenvalue weighted by Gasteiger charge is 2.20. The number of ketones is 1. The van der Waals surface area contributed by atoms with E-state index >= 15 is 0 Å². The molecule has 1 aliphatic rings. The number of hydrazone groups is 1. The van der Waals surface area contributed by atoms with Crippen molar-refractivity contribution in [1.29, 1.82) is 0 Å². The third kappa shape index (κ3) is 4.76. The second kappa shape index (κ2) is 9.75. The summed E-state index contributed by atoms with van der Waals surface area (Å²) in [6, 6.07) is 13.3. The molecule has 3 aromatic heterocycles. The minimum atomic E-state index is -0.126. The van der Waals surface area contributed by atoms with Crippen LogP contribution in [0.3, 0.4) is 0 Å². The van der Waals surface area contributed by atoms with Crippen LogP contribution in [-0.2, 0) is 11.3 Å². The van der Waals surface area contributed by atoms with Crippen LogP contribution in [0.1, 0.15) is 21.6 Å². The van der Waals surface area contributed by atoms with Gasteiger partial charge in [0.25, 0.3) is 0 Å². The van der Waals surface area contributed by atoms with E-state index in [9.17, 15) is 4.79 Å². The SMILES string of the molecule is Cc1cccc(/C=N/Nc2nc(N3CCOCC3)nc3c2ncn3CC(=O)c2ccccn2)c1. The Morgan fingerprint density at radius 2 is 2.03 bits per heavy atom. The number of fused-ring (bicyclic) bond motifs is 1. The first-order chi connectivity index (χ1) is 16.7. The molecule has 1 saturated heterocycles. The molecule has 0 unspecified atom stereocenters. The van der Waals surface area contributed by atoms with Crippen LogP contribution in [-0.4, -0.2) is 62.8 Å². The molecule has 172 valence electrons. The van der Waals surface area contributed by atoms with Gasteiger partial charge in [-0.25, -0.2) is 4.98 Å². The van der Waals surface area contributed by atoms with Gasteiger partial charge >= 0.3 is 0 Å². The lowest BCUT2D eigenvalue weighted by Gasteiger charge is -2.27. The van der Waals surface area contributed by atoms with E-state index in [1.807, 2.05) is 31.2 Å². The molecule has 1 aliphatic heterocycles. The van der Waals surface area contributed by atoms with Crippen LogP contribution in [0.5, 0.6) is 0 Å². The van der Waals surface area contributed by atoms with Gasteiger partial charge in [-0.05, 0) is 24.6 Å². The fourth-order valence-corrected chi connectivity index (χ4v) is 3.71. The minimum absolute atomic E-state index is 0.0685. The molecular formula is C24H24N8O2. The Balaban J connectivity index is 1.48. The Kier molecular flexibility index (Phi) is 6.21. The van der Waals surface area contributed by atoms with E-state index in [0.717, 1.165) is 11.1 Å². The molecule has 1 aromatic carbocycles. The maximum Gasteiger partial charge on any atom is 0.229 e. The summed E-state index contributed by atoms with van der Waals surface area (Å²) in [5.41, 5.74) is 6.62. The van der Waals surface area contributed by atoms with E-state index in [4.69, 9.17) is 9.72 Å². The average molecular weight is 457 g/mol. The van der Waals surface area contributed by atoms with Crippen molar-refractivity contribution < 1.29 is 9.53 Å². The second-order valence-corrected chi connectivity index (χ2v) is 7.94. The number of benzene rings is 1. The molecule has 0 amide bonds. The van der Waals surface area contributed by atoms with Gasteiger partial charge < -0.3 is 14.2 Å². The van der Waals surface area contributed by atoms with Crippen molar-refractivity contribution in [2.45, 2.75) is 13.5 Å². The molecule has 5 rings (SSSR count). The van der Waals surface area contributed by atoms with Gasteiger partial charge in [-0.3, -0.25) is 15.2 Å². The molecule has 0 atom stereocenters. The number of hydrogen-bond acceptors (Lipinski definition) is 9. The third-order valence-electron chi connectivity index (χ3n) is 5.44. The monoisotopic (exact) mass is 456 g/mol. The number of rotatable bonds is 7. The maximum absolute atomic E-state index is 12.8. The van der Waals surface area contributed by atoms with Crippen LogP contribution >= 0.6 is 0 Å². The maximum atomic E-state index is 12.8. The largest absolute Gasteiger partial charge is 0.378 e. The minimum Gasteiger partial charge on any atom is -0.378 e. The summed E-state index contributed by atoms with van der Waals surface area (Å²) in [5, 5.41) is 4.37. The van der Waals surface area contributed by atoms with Crippen molar-refractivity contribution >= 4 is 34.9 Å². The molecule has 0 radical (unpaired) electrons. The number of pyridine rings is 1. The number of carbonyl (C=O) groups is 1. The Morgan fingerprint density at radius 1 is 1.15 bits per heavy atom. The van der Waals surface area contributed by atoms with Crippen molar-refractivity contribution in [3.63, 3.8) is 0 Å². The molecule has 34 heavy (non-hydrogen) atoms. The lowest BCUT2D eigenvalue weighted by atomic mass is 10.2. The number of morpholine rings is 1. The topological polar surface area (TPSA) is 110 Å². The van der Waals surface area contributed by atoms with Gasteiger partial charge in [-0.2, -0.15) is 15.1 Å². The zero-order valence-corrected chi connectivity index (χ0v) is 18.8. The molecule has 1 fully saturated rings. The van der Waals surface area contributed by atoms with Crippen LogP contribution < -0.4 is 10.3 Å².